The fourth-order valence-electron chi connectivity index (χ4n) is 2.55. The molecule has 0 aromatic carbocycles. The summed E-state index contributed by atoms with van der Waals surface area (Å²) in [6.45, 7) is 2.99. The Morgan fingerprint density at radius 3 is 2.25 bits per heavy atom. The van der Waals surface area contributed by atoms with Gasteiger partial charge in [0, 0.05) is 0 Å². The van der Waals surface area contributed by atoms with Crippen molar-refractivity contribution in [1.29, 1.82) is 0 Å². The third-order valence-corrected chi connectivity index (χ3v) is 4.52. The van der Waals surface area contributed by atoms with Gasteiger partial charge in [0.05, 0.1) is 25.7 Å². The fourth-order valence-corrected chi connectivity index (χ4v) is 3.54. The van der Waals surface area contributed by atoms with E-state index in [1.807, 2.05) is 0 Å². The number of ether oxygens (including phenoxy) is 4. The molecule has 24 heavy (non-hydrogen) atoms. The van der Waals surface area contributed by atoms with E-state index in [0.29, 0.717) is 0 Å². The lowest BCUT2D eigenvalue weighted by molar-refractivity contribution is -0.359. The van der Waals surface area contributed by atoms with E-state index in [1.54, 1.807) is 13.8 Å². The first-order chi connectivity index (χ1) is 10.9. The molecule has 0 spiro atoms. The van der Waals surface area contributed by atoms with Crippen molar-refractivity contribution >= 4 is 20.2 Å². The molecule has 2 saturated heterocycles. The van der Waals surface area contributed by atoms with E-state index in [4.69, 9.17) is 27.3 Å². The number of fused-ring (bicyclic) bond motifs is 1. The molecule has 0 N–H and O–H groups in total. The third kappa shape index (κ3) is 5.88. The highest BCUT2D eigenvalue weighted by Gasteiger charge is 2.47. The molecule has 0 amide bonds. The summed E-state index contributed by atoms with van der Waals surface area (Å²) in [6, 6.07) is 0. The average Bonchev–Trinajstić information content (AvgIpc) is 2.41. The van der Waals surface area contributed by atoms with Crippen molar-refractivity contribution in [3.8, 4) is 0 Å². The van der Waals surface area contributed by atoms with Gasteiger partial charge in [-0.25, -0.2) is 0 Å². The minimum atomic E-state index is -3.89. The van der Waals surface area contributed by atoms with Crippen LogP contribution >= 0.6 is 0 Å². The van der Waals surface area contributed by atoms with E-state index < -0.39 is 63.8 Å². The summed E-state index contributed by atoms with van der Waals surface area (Å²) in [5.74, 6) is 0. The molecule has 2 rings (SSSR count). The zero-order valence-electron chi connectivity index (χ0n) is 13.8. The van der Waals surface area contributed by atoms with Crippen LogP contribution in [0.5, 0.6) is 0 Å². The van der Waals surface area contributed by atoms with Crippen molar-refractivity contribution in [1.82, 2.24) is 0 Å². The zero-order chi connectivity index (χ0) is 18.1. The lowest BCUT2D eigenvalue weighted by atomic mass is 10.0. The molecular weight excluding hydrogens is 368 g/mol. The molecule has 6 atom stereocenters. The van der Waals surface area contributed by atoms with Crippen LogP contribution in [0.15, 0.2) is 0 Å². The second-order valence-corrected chi connectivity index (χ2v) is 8.92. The summed E-state index contributed by atoms with van der Waals surface area (Å²) >= 11 is 0. The summed E-state index contributed by atoms with van der Waals surface area (Å²) in [5, 5.41) is 0. The maximum atomic E-state index is 11.5. The molecule has 0 aromatic rings. The fraction of sp³-hybridized carbons (Fsp3) is 1.00. The van der Waals surface area contributed by atoms with Crippen molar-refractivity contribution in [3.63, 3.8) is 0 Å². The molecule has 0 bridgehead atoms. The quantitative estimate of drug-likeness (QED) is 0.532. The van der Waals surface area contributed by atoms with Gasteiger partial charge >= 0.3 is 0 Å². The molecule has 2 aliphatic rings. The molecular formula is C12H22O10S2. The molecule has 12 heteroatoms. The maximum absolute atomic E-state index is 11.5. The molecule has 2 heterocycles. The topological polar surface area (TPSA) is 124 Å². The minimum absolute atomic E-state index is 0.231. The van der Waals surface area contributed by atoms with E-state index in [1.165, 1.54) is 0 Å². The highest BCUT2D eigenvalue weighted by Crippen LogP contribution is 2.30. The standard InChI is InChI=1S/C12H22O10S2/c1-7-17-5-9-11(20-7)12(21-8(2)19-9)10(22-24(4,15)16)6-18-23(3,13)14/h7-12H,5-6H2,1-4H3/t7?,8?,9-,10-,11-,12+/m1/s1. The van der Waals surface area contributed by atoms with E-state index in [-0.39, 0.29) is 6.61 Å². The predicted octanol–water partition coefficient (Wildman–Crippen LogP) is -0.801. The SMILES string of the molecule is CC1OC[C@H]2OC(C)O[C@@H]([C@@H](COS(C)(=O)=O)OS(C)(=O)=O)[C@@H]2O1. The van der Waals surface area contributed by atoms with Crippen LogP contribution in [0.2, 0.25) is 0 Å². The van der Waals surface area contributed by atoms with Crippen molar-refractivity contribution in [3.05, 3.63) is 0 Å². The Bertz CT molecular complexity index is 630. The third-order valence-electron chi connectivity index (χ3n) is 3.36. The van der Waals surface area contributed by atoms with Gasteiger partial charge in [0.25, 0.3) is 20.2 Å². The van der Waals surface area contributed by atoms with Crippen LogP contribution < -0.4 is 0 Å². The van der Waals surface area contributed by atoms with Crippen LogP contribution in [-0.2, 0) is 47.5 Å². The maximum Gasteiger partial charge on any atom is 0.264 e. The van der Waals surface area contributed by atoms with Crippen molar-refractivity contribution in [2.75, 3.05) is 25.7 Å². The Kier molecular flexibility index (Phi) is 6.24. The highest BCUT2D eigenvalue weighted by atomic mass is 32.2. The summed E-state index contributed by atoms with van der Waals surface area (Å²) < 4.78 is 77.4. The largest absolute Gasteiger partial charge is 0.350 e. The Hall–Kier alpha value is -0.340. The Labute approximate surface area is 141 Å². The second-order valence-electron chi connectivity index (χ2n) is 5.67. The van der Waals surface area contributed by atoms with Crippen LogP contribution in [0, 0.1) is 0 Å². The lowest BCUT2D eigenvalue weighted by Crippen LogP contribution is -2.61. The first-order valence-corrected chi connectivity index (χ1v) is 10.9. The molecule has 0 aromatic heterocycles. The molecule has 2 aliphatic heterocycles. The molecule has 142 valence electrons. The van der Waals surface area contributed by atoms with Crippen LogP contribution in [-0.4, -0.2) is 79.6 Å². The van der Waals surface area contributed by atoms with Crippen molar-refractivity contribution < 1.29 is 44.1 Å². The van der Waals surface area contributed by atoms with E-state index >= 15 is 0 Å². The van der Waals surface area contributed by atoms with Crippen molar-refractivity contribution in [2.24, 2.45) is 0 Å². The molecule has 2 unspecified atom stereocenters. The van der Waals surface area contributed by atoms with Gasteiger partial charge in [-0.15, -0.1) is 0 Å². The molecule has 2 fully saturated rings. The smallest absolute Gasteiger partial charge is 0.264 e. The number of rotatable bonds is 6. The van der Waals surface area contributed by atoms with Gasteiger partial charge in [-0.2, -0.15) is 16.8 Å². The summed E-state index contributed by atoms with van der Waals surface area (Å²) in [6.07, 6.45) is -2.86. The summed E-state index contributed by atoms with van der Waals surface area (Å²) in [5.41, 5.74) is 0. The number of hydrogen-bond acceptors (Lipinski definition) is 10. The van der Waals surface area contributed by atoms with E-state index in [2.05, 4.69) is 0 Å². The van der Waals surface area contributed by atoms with Gasteiger partial charge < -0.3 is 18.9 Å². The molecule has 0 radical (unpaired) electrons. The van der Waals surface area contributed by atoms with Gasteiger partial charge in [0.15, 0.2) is 12.6 Å². The Morgan fingerprint density at radius 1 is 1.00 bits per heavy atom. The molecule has 0 aliphatic carbocycles. The number of hydrogen-bond donors (Lipinski definition) is 0. The van der Waals surface area contributed by atoms with E-state index in [0.717, 1.165) is 12.5 Å². The van der Waals surface area contributed by atoms with Gasteiger partial charge in [0.2, 0.25) is 0 Å². The summed E-state index contributed by atoms with van der Waals surface area (Å²) in [7, 11) is -7.69. The first-order valence-electron chi connectivity index (χ1n) is 7.25. The van der Waals surface area contributed by atoms with Crippen LogP contribution in [0.1, 0.15) is 13.8 Å². The van der Waals surface area contributed by atoms with Gasteiger partial charge in [-0.1, -0.05) is 0 Å². The monoisotopic (exact) mass is 390 g/mol. The van der Waals surface area contributed by atoms with Crippen LogP contribution in [0.25, 0.3) is 0 Å². The van der Waals surface area contributed by atoms with E-state index in [9.17, 15) is 16.8 Å². The first kappa shape index (κ1) is 20.0. The van der Waals surface area contributed by atoms with Gasteiger partial charge in [-0.3, -0.25) is 8.37 Å². The average molecular weight is 390 g/mol. The Morgan fingerprint density at radius 2 is 1.67 bits per heavy atom. The normalized spacial score (nSPS) is 36.1. The van der Waals surface area contributed by atoms with Gasteiger partial charge in [-0.05, 0) is 13.8 Å². The highest BCUT2D eigenvalue weighted by molar-refractivity contribution is 7.86. The minimum Gasteiger partial charge on any atom is -0.350 e. The van der Waals surface area contributed by atoms with Crippen LogP contribution in [0.3, 0.4) is 0 Å². The zero-order valence-corrected chi connectivity index (χ0v) is 15.4. The van der Waals surface area contributed by atoms with Crippen molar-refractivity contribution in [2.45, 2.75) is 50.8 Å². The van der Waals surface area contributed by atoms with Gasteiger partial charge in [0.1, 0.15) is 24.4 Å². The molecule has 10 nitrogen and oxygen atoms in total. The predicted molar refractivity (Wildman–Crippen MR) is 80.0 cm³/mol. The Balaban J connectivity index is 2.23. The van der Waals surface area contributed by atoms with Crippen LogP contribution in [0.4, 0.5) is 0 Å². The summed E-state index contributed by atoms with van der Waals surface area (Å²) in [4.78, 5) is 0. The lowest BCUT2D eigenvalue weighted by Gasteiger charge is -2.46. The second kappa shape index (κ2) is 7.50. The molecule has 0 saturated carbocycles.